The molecule has 0 aliphatic rings. The van der Waals surface area contributed by atoms with Gasteiger partial charge in [-0.15, -0.1) is 0 Å². The Labute approximate surface area is 100 Å². The Kier molecular flexibility index (Phi) is 5.91. The van der Waals surface area contributed by atoms with E-state index in [0.717, 1.165) is 24.0 Å². The van der Waals surface area contributed by atoms with Crippen LogP contribution in [0, 0.1) is 0 Å². The molecule has 0 saturated carbocycles. The molecule has 0 bridgehead atoms. The smallest absolute Gasteiger partial charge is 0.0587 e. The molecular weight excluding hydrogens is 254 g/mol. The van der Waals surface area contributed by atoms with E-state index in [1.54, 1.807) is 7.11 Å². The zero-order chi connectivity index (χ0) is 11.1. The van der Waals surface area contributed by atoms with Gasteiger partial charge in [-0.05, 0) is 31.0 Å². The number of hydrogen-bond donors (Lipinski definition) is 1. The fourth-order valence-electron chi connectivity index (χ4n) is 1.50. The molecule has 0 amide bonds. The maximum atomic E-state index is 4.99. The second-order valence-electron chi connectivity index (χ2n) is 3.68. The Hall–Kier alpha value is -0.380. The lowest BCUT2D eigenvalue weighted by atomic mass is 10.1. The zero-order valence-corrected chi connectivity index (χ0v) is 10.9. The fraction of sp³-hybridized carbons (Fsp3) is 0.500. The molecular formula is C12H18BrNO. The average molecular weight is 272 g/mol. The summed E-state index contributed by atoms with van der Waals surface area (Å²) >= 11 is 3.48. The molecule has 1 rings (SSSR count). The van der Waals surface area contributed by atoms with E-state index in [9.17, 15) is 0 Å². The van der Waals surface area contributed by atoms with Crippen LogP contribution in [0.1, 0.15) is 12.5 Å². The summed E-state index contributed by atoms with van der Waals surface area (Å²) in [6, 6.07) is 8.91. The number of ether oxygens (including phenoxy) is 1. The Bertz CT molecular complexity index is 291. The predicted octanol–water partition coefficient (Wildman–Crippen LogP) is 2.62. The van der Waals surface area contributed by atoms with Crippen LogP contribution in [0.25, 0.3) is 0 Å². The SMILES string of the molecule is COCCNC(C)Cc1cccc(Br)c1. The van der Waals surface area contributed by atoms with Gasteiger partial charge < -0.3 is 10.1 Å². The summed E-state index contributed by atoms with van der Waals surface area (Å²) in [7, 11) is 1.72. The third-order valence-corrected chi connectivity index (χ3v) is 2.72. The van der Waals surface area contributed by atoms with Crippen LogP contribution in [-0.2, 0) is 11.2 Å². The molecule has 0 aromatic heterocycles. The largest absolute Gasteiger partial charge is 0.383 e. The number of hydrogen-bond acceptors (Lipinski definition) is 2. The lowest BCUT2D eigenvalue weighted by Gasteiger charge is -2.13. The summed E-state index contributed by atoms with van der Waals surface area (Å²) in [4.78, 5) is 0. The quantitative estimate of drug-likeness (QED) is 0.804. The van der Waals surface area contributed by atoms with E-state index < -0.39 is 0 Å². The Balaban J connectivity index is 2.34. The highest BCUT2D eigenvalue weighted by atomic mass is 79.9. The first-order valence-corrected chi connectivity index (χ1v) is 5.98. The molecule has 0 saturated heterocycles. The highest BCUT2D eigenvalue weighted by molar-refractivity contribution is 9.10. The summed E-state index contributed by atoms with van der Waals surface area (Å²) in [5.41, 5.74) is 1.35. The van der Waals surface area contributed by atoms with Gasteiger partial charge in [0.1, 0.15) is 0 Å². The topological polar surface area (TPSA) is 21.3 Å². The number of rotatable bonds is 6. The van der Waals surface area contributed by atoms with Gasteiger partial charge in [-0.3, -0.25) is 0 Å². The highest BCUT2D eigenvalue weighted by Gasteiger charge is 2.02. The van der Waals surface area contributed by atoms with Gasteiger partial charge in [0.15, 0.2) is 0 Å². The van der Waals surface area contributed by atoms with Crippen molar-refractivity contribution in [1.82, 2.24) is 5.32 Å². The van der Waals surface area contributed by atoms with Crippen molar-refractivity contribution in [2.45, 2.75) is 19.4 Å². The molecule has 1 N–H and O–H groups in total. The van der Waals surface area contributed by atoms with Gasteiger partial charge in [0.25, 0.3) is 0 Å². The van der Waals surface area contributed by atoms with Gasteiger partial charge in [0.2, 0.25) is 0 Å². The van der Waals surface area contributed by atoms with E-state index in [-0.39, 0.29) is 0 Å². The summed E-state index contributed by atoms with van der Waals surface area (Å²) in [6.07, 6.45) is 1.04. The number of nitrogens with one attached hydrogen (secondary N) is 1. The minimum absolute atomic E-state index is 0.481. The van der Waals surface area contributed by atoms with Gasteiger partial charge >= 0.3 is 0 Å². The molecule has 1 unspecified atom stereocenters. The molecule has 0 heterocycles. The first kappa shape index (κ1) is 12.7. The van der Waals surface area contributed by atoms with Gasteiger partial charge in [0, 0.05) is 24.2 Å². The molecule has 0 aliphatic carbocycles. The molecule has 3 heteroatoms. The van der Waals surface area contributed by atoms with Crippen molar-refractivity contribution in [3.05, 3.63) is 34.3 Å². The van der Waals surface area contributed by atoms with Crippen molar-refractivity contribution >= 4 is 15.9 Å². The summed E-state index contributed by atoms with van der Waals surface area (Å²) in [6.45, 7) is 3.87. The molecule has 0 fully saturated rings. The van der Waals surface area contributed by atoms with Crippen LogP contribution in [0.2, 0.25) is 0 Å². The van der Waals surface area contributed by atoms with E-state index >= 15 is 0 Å². The van der Waals surface area contributed by atoms with E-state index in [1.807, 2.05) is 6.07 Å². The van der Waals surface area contributed by atoms with E-state index in [1.165, 1.54) is 5.56 Å². The first-order chi connectivity index (χ1) is 7.22. The van der Waals surface area contributed by atoms with Crippen LogP contribution < -0.4 is 5.32 Å². The van der Waals surface area contributed by atoms with E-state index in [2.05, 4.69) is 46.4 Å². The Morgan fingerprint density at radius 3 is 2.93 bits per heavy atom. The second kappa shape index (κ2) is 6.99. The van der Waals surface area contributed by atoms with Gasteiger partial charge in [0.05, 0.1) is 6.61 Å². The predicted molar refractivity (Wildman–Crippen MR) is 67.2 cm³/mol. The summed E-state index contributed by atoms with van der Waals surface area (Å²) in [5, 5.41) is 3.41. The van der Waals surface area contributed by atoms with Crippen LogP contribution in [0.15, 0.2) is 28.7 Å². The first-order valence-electron chi connectivity index (χ1n) is 5.19. The fourth-order valence-corrected chi connectivity index (χ4v) is 1.94. The second-order valence-corrected chi connectivity index (χ2v) is 4.60. The molecule has 15 heavy (non-hydrogen) atoms. The standard InChI is InChI=1S/C12H18BrNO/c1-10(14-6-7-15-2)8-11-4-3-5-12(13)9-11/h3-5,9-10,14H,6-8H2,1-2H3. The third-order valence-electron chi connectivity index (χ3n) is 2.23. The van der Waals surface area contributed by atoms with Crippen molar-refractivity contribution in [3.8, 4) is 0 Å². The molecule has 1 atom stereocenters. The van der Waals surface area contributed by atoms with Crippen molar-refractivity contribution in [3.63, 3.8) is 0 Å². The number of methoxy groups -OCH3 is 1. The summed E-state index contributed by atoms with van der Waals surface area (Å²) in [5.74, 6) is 0. The monoisotopic (exact) mass is 271 g/mol. The Morgan fingerprint density at radius 2 is 2.27 bits per heavy atom. The lowest BCUT2D eigenvalue weighted by Crippen LogP contribution is -2.30. The van der Waals surface area contributed by atoms with E-state index in [0.29, 0.717) is 6.04 Å². The molecule has 0 spiro atoms. The zero-order valence-electron chi connectivity index (χ0n) is 9.29. The minimum Gasteiger partial charge on any atom is -0.383 e. The van der Waals surface area contributed by atoms with Gasteiger partial charge in [-0.25, -0.2) is 0 Å². The Morgan fingerprint density at radius 1 is 1.47 bits per heavy atom. The van der Waals surface area contributed by atoms with Crippen molar-refractivity contribution in [2.24, 2.45) is 0 Å². The molecule has 0 radical (unpaired) electrons. The minimum atomic E-state index is 0.481. The molecule has 1 aromatic rings. The maximum absolute atomic E-state index is 4.99. The van der Waals surface area contributed by atoms with Crippen molar-refractivity contribution < 1.29 is 4.74 Å². The van der Waals surface area contributed by atoms with Crippen molar-refractivity contribution in [1.29, 1.82) is 0 Å². The highest BCUT2D eigenvalue weighted by Crippen LogP contribution is 2.12. The van der Waals surface area contributed by atoms with Crippen LogP contribution >= 0.6 is 15.9 Å². The normalized spacial score (nSPS) is 12.7. The lowest BCUT2D eigenvalue weighted by molar-refractivity contribution is 0.196. The van der Waals surface area contributed by atoms with Crippen LogP contribution in [0.5, 0.6) is 0 Å². The van der Waals surface area contributed by atoms with Crippen LogP contribution in [0.3, 0.4) is 0 Å². The third kappa shape index (κ3) is 5.30. The average Bonchev–Trinajstić information content (AvgIpc) is 2.18. The van der Waals surface area contributed by atoms with Gasteiger partial charge in [-0.2, -0.15) is 0 Å². The number of halogens is 1. The summed E-state index contributed by atoms with van der Waals surface area (Å²) < 4.78 is 6.13. The molecule has 2 nitrogen and oxygen atoms in total. The van der Waals surface area contributed by atoms with Crippen molar-refractivity contribution in [2.75, 3.05) is 20.3 Å². The van der Waals surface area contributed by atoms with Crippen LogP contribution in [0.4, 0.5) is 0 Å². The molecule has 84 valence electrons. The van der Waals surface area contributed by atoms with E-state index in [4.69, 9.17) is 4.74 Å². The molecule has 1 aromatic carbocycles. The van der Waals surface area contributed by atoms with Crippen LogP contribution in [-0.4, -0.2) is 26.3 Å². The van der Waals surface area contributed by atoms with Gasteiger partial charge in [-0.1, -0.05) is 28.1 Å². The number of benzene rings is 1. The molecule has 0 aliphatic heterocycles. The maximum Gasteiger partial charge on any atom is 0.0587 e.